The fourth-order valence-electron chi connectivity index (χ4n) is 7.34. The minimum absolute atomic E-state index is 0.00723. The van der Waals surface area contributed by atoms with Gasteiger partial charge in [-0.3, -0.25) is 9.69 Å². The number of nitrogens with zero attached hydrogens (tertiary/aromatic N) is 4. The Morgan fingerprint density at radius 1 is 0.912 bits per heavy atom. The molecule has 1 aliphatic rings. The van der Waals surface area contributed by atoms with Crippen molar-refractivity contribution in [1.29, 1.82) is 0 Å². The molecule has 0 aliphatic carbocycles. The summed E-state index contributed by atoms with van der Waals surface area (Å²) < 4.78 is 31.3. The average Bonchev–Trinajstić information content (AvgIpc) is 3.24. The van der Waals surface area contributed by atoms with Gasteiger partial charge in [-0.2, -0.15) is 0 Å². The van der Waals surface area contributed by atoms with Gasteiger partial charge < -0.3 is 24.8 Å². The lowest BCUT2D eigenvalue weighted by atomic mass is 9.94. The van der Waals surface area contributed by atoms with Crippen LogP contribution in [0.3, 0.4) is 0 Å². The summed E-state index contributed by atoms with van der Waals surface area (Å²) in [5.41, 5.74) is 7.60. The van der Waals surface area contributed by atoms with Crippen LogP contribution in [-0.4, -0.2) is 65.7 Å². The molecule has 10 nitrogen and oxygen atoms in total. The Kier molecular flexibility index (Phi) is 12.8. The SMILES string of the molecule is COc1cc2ncnc(Nc3ccc(F)c(Cl)c3)c2cc1OCCCCNC(=O)C1CCCCN1Cc1ccc(-c2cccc(-c3ccccc3)c2C)nc1OC. The highest BCUT2D eigenvalue weighted by Gasteiger charge is 2.29. The average molecular weight is 789 g/mol. The Bertz CT molecular complexity index is 2350. The second-order valence-electron chi connectivity index (χ2n) is 14.0. The number of carbonyl (C=O) groups excluding carboxylic acids is 1. The summed E-state index contributed by atoms with van der Waals surface area (Å²) in [6, 6.07) is 28.6. The monoisotopic (exact) mass is 788 g/mol. The summed E-state index contributed by atoms with van der Waals surface area (Å²) in [7, 11) is 3.23. The van der Waals surface area contributed by atoms with E-state index in [1.54, 1.807) is 26.4 Å². The first-order valence-corrected chi connectivity index (χ1v) is 19.6. The molecule has 1 fully saturated rings. The zero-order valence-corrected chi connectivity index (χ0v) is 33.1. The number of anilines is 2. The fourth-order valence-corrected chi connectivity index (χ4v) is 7.52. The van der Waals surface area contributed by atoms with E-state index in [2.05, 4.69) is 87.0 Å². The lowest BCUT2D eigenvalue weighted by Gasteiger charge is -2.34. The highest BCUT2D eigenvalue weighted by molar-refractivity contribution is 6.31. The Labute approximate surface area is 337 Å². The first-order chi connectivity index (χ1) is 27.8. The van der Waals surface area contributed by atoms with Gasteiger partial charge in [-0.1, -0.05) is 72.6 Å². The van der Waals surface area contributed by atoms with Crippen LogP contribution in [-0.2, 0) is 11.3 Å². The Morgan fingerprint density at radius 3 is 2.56 bits per heavy atom. The van der Waals surface area contributed by atoms with Crippen molar-refractivity contribution in [2.45, 2.75) is 51.6 Å². The normalized spacial score (nSPS) is 14.3. The zero-order chi connectivity index (χ0) is 39.7. The molecule has 12 heteroatoms. The van der Waals surface area contributed by atoms with Gasteiger partial charge in [0.05, 0.1) is 43.1 Å². The van der Waals surface area contributed by atoms with Crippen LogP contribution in [0.1, 0.15) is 43.2 Å². The standard InChI is InChI=1S/C45H46ClFN6O4/c1-29-33(30-12-5-4-6-13-30)14-11-15-34(29)38-20-17-31(45(52-38)56-3)27-53-22-9-7-16-40(53)44(54)48-21-8-10-23-57-42-25-35-39(26-41(42)55-2)49-28-50-43(35)51-32-18-19-37(47)36(46)24-32/h4-6,11-15,17-20,24-26,28,40H,7-10,16,21-23,27H2,1-3H3,(H,48,54)(H,49,50,51). The van der Waals surface area contributed by atoms with Gasteiger partial charge in [0.25, 0.3) is 0 Å². The number of hydrogen-bond donors (Lipinski definition) is 2. The van der Waals surface area contributed by atoms with Crippen molar-refractivity contribution in [3.05, 3.63) is 119 Å². The van der Waals surface area contributed by atoms with E-state index in [9.17, 15) is 9.18 Å². The number of ether oxygens (including phenoxy) is 3. The lowest BCUT2D eigenvalue weighted by Crippen LogP contribution is -2.49. The number of benzene rings is 4. The highest BCUT2D eigenvalue weighted by Crippen LogP contribution is 2.36. The van der Waals surface area contributed by atoms with Crippen LogP contribution in [0.15, 0.2) is 97.3 Å². The zero-order valence-electron chi connectivity index (χ0n) is 32.4. The van der Waals surface area contributed by atoms with Crippen molar-refractivity contribution in [1.82, 2.24) is 25.2 Å². The van der Waals surface area contributed by atoms with Crippen LogP contribution in [0.25, 0.3) is 33.3 Å². The van der Waals surface area contributed by atoms with Crippen LogP contribution in [0.4, 0.5) is 15.9 Å². The molecule has 2 N–H and O–H groups in total. The molecule has 0 saturated carbocycles. The van der Waals surface area contributed by atoms with Gasteiger partial charge in [-0.25, -0.2) is 19.3 Å². The molecule has 1 amide bonds. The summed E-state index contributed by atoms with van der Waals surface area (Å²) in [6.07, 6.45) is 5.72. The summed E-state index contributed by atoms with van der Waals surface area (Å²) in [5.74, 6) is 1.70. The molecule has 3 heterocycles. The maximum Gasteiger partial charge on any atom is 0.237 e. The second kappa shape index (κ2) is 18.4. The summed E-state index contributed by atoms with van der Waals surface area (Å²) in [6.45, 7) is 4.47. The first-order valence-electron chi connectivity index (χ1n) is 19.2. The van der Waals surface area contributed by atoms with E-state index in [4.69, 9.17) is 30.8 Å². The van der Waals surface area contributed by atoms with E-state index in [0.717, 1.165) is 54.6 Å². The van der Waals surface area contributed by atoms with Gasteiger partial charge in [0.15, 0.2) is 11.5 Å². The first kappa shape index (κ1) is 39.5. The molecule has 294 valence electrons. The predicted molar refractivity (Wildman–Crippen MR) is 223 cm³/mol. The molecule has 1 aliphatic heterocycles. The maximum atomic E-state index is 13.7. The fraction of sp³-hybridized carbons (Fsp3) is 0.289. The molecule has 0 radical (unpaired) electrons. The lowest BCUT2D eigenvalue weighted by molar-refractivity contribution is -0.127. The van der Waals surface area contributed by atoms with E-state index in [-0.39, 0.29) is 17.0 Å². The van der Waals surface area contributed by atoms with E-state index in [0.29, 0.717) is 65.9 Å². The van der Waals surface area contributed by atoms with Crippen molar-refractivity contribution in [2.24, 2.45) is 0 Å². The summed E-state index contributed by atoms with van der Waals surface area (Å²) in [5, 5.41) is 7.07. The number of fused-ring (bicyclic) bond motifs is 1. The number of nitrogens with one attached hydrogen (secondary N) is 2. The van der Waals surface area contributed by atoms with E-state index in [1.807, 2.05) is 12.1 Å². The van der Waals surface area contributed by atoms with Crippen LogP contribution in [0.2, 0.25) is 5.02 Å². The van der Waals surface area contributed by atoms with Gasteiger partial charge in [-0.15, -0.1) is 0 Å². The topological polar surface area (TPSA) is 111 Å². The number of piperidine rings is 1. The quantitative estimate of drug-likeness (QED) is 0.0984. The van der Waals surface area contributed by atoms with Crippen LogP contribution >= 0.6 is 11.6 Å². The summed E-state index contributed by atoms with van der Waals surface area (Å²) >= 11 is 5.98. The number of unbranched alkanes of at least 4 members (excludes halogenated alkanes) is 1. The van der Waals surface area contributed by atoms with Crippen molar-refractivity contribution in [2.75, 3.05) is 39.2 Å². The molecule has 1 unspecified atom stereocenters. The minimum Gasteiger partial charge on any atom is -0.493 e. The van der Waals surface area contributed by atoms with Crippen molar-refractivity contribution in [3.8, 4) is 39.8 Å². The van der Waals surface area contributed by atoms with Crippen LogP contribution < -0.4 is 24.8 Å². The van der Waals surface area contributed by atoms with Gasteiger partial charge in [0, 0.05) is 41.4 Å². The van der Waals surface area contributed by atoms with Crippen molar-refractivity contribution in [3.63, 3.8) is 0 Å². The van der Waals surface area contributed by atoms with E-state index >= 15 is 0 Å². The molecule has 4 aromatic carbocycles. The molecule has 2 aromatic heterocycles. The third-order valence-corrected chi connectivity index (χ3v) is 10.6. The number of methoxy groups -OCH3 is 2. The number of likely N-dealkylation sites (tertiary alicyclic amines) is 1. The predicted octanol–water partition coefficient (Wildman–Crippen LogP) is 9.55. The molecule has 7 rings (SSSR count). The van der Waals surface area contributed by atoms with E-state index in [1.165, 1.54) is 29.6 Å². The van der Waals surface area contributed by atoms with Crippen molar-refractivity contribution >= 4 is 39.9 Å². The number of rotatable bonds is 15. The highest BCUT2D eigenvalue weighted by atomic mass is 35.5. The van der Waals surface area contributed by atoms with Crippen LogP contribution in [0, 0.1) is 12.7 Å². The Balaban J connectivity index is 0.939. The van der Waals surface area contributed by atoms with E-state index < -0.39 is 5.82 Å². The molecule has 1 saturated heterocycles. The van der Waals surface area contributed by atoms with Crippen molar-refractivity contribution < 1.29 is 23.4 Å². The summed E-state index contributed by atoms with van der Waals surface area (Å²) in [4.78, 5) is 29.5. The van der Waals surface area contributed by atoms with Gasteiger partial charge in [-0.05, 0) is 86.2 Å². The molecule has 1 atom stereocenters. The number of hydrogen-bond acceptors (Lipinski definition) is 9. The molecular formula is C45H46ClFN6O4. The van der Waals surface area contributed by atoms with Crippen LogP contribution in [0.5, 0.6) is 17.4 Å². The molecular weight excluding hydrogens is 743 g/mol. The maximum absolute atomic E-state index is 13.7. The number of aromatic nitrogens is 3. The Hall–Kier alpha value is -5.78. The third-order valence-electron chi connectivity index (χ3n) is 10.3. The molecule has 0 spiro atoms. The number of halogens is 2. The second-order valence-corrected chi connectivity index (χ2v) is 14.4. The largest absolute Gasteiger partial charge is 0.493 e. The molecule has 0 bridgehead atoms. The number of amides is 1. The smallest absolute Gasteiger partial charge is 0.237 e. The van der Waals surface area contributed by atoms with Gasteiger partial charge in [0.1, 0.15) is 18.0 Å². The Morgan fingerprint density at radius 2 is 1.75 bits per heavy atom. The molecule has 6 aromatic rings. The molecule has 57 heavy (non-hydrogen) atoms. The third kappa shape index (κ3) is 9.27. The minimum atomic E-state index is -0.501. The van der Waals surface area contributed by atoms with Gasteiger partial charge >= 0.3 is 0 Å². The van der Waals surface area contributed by atoms with Gasteiger partial charge in [0.2, 0.25) is 11.8 Å². The number of carbonyl (C=O) groups is 1. The number of pyridine rings is 1.